The molecule has 0 aromatic heterocycles. The zero-order valence-corrected chi connectivity index (χ0v) is 18.1. The molecule has 0 aliphatic heterocycles. The number of rotatable bonds is 5. The molecular formula is C24H36FN3O. The highest BCUT2D eigenvalue weighted by Gasteiger charge is 2.18. The summed E-state index contributed by atoms with van der Waals surface area (Å²) in [5, 5.41) is 5.64. The molecule has 2 amide bonds. The molecule has 29 heavy (non-hydrogen) atoms. The number of allylic oxidation sites excluding steroid dienone is 1. The van der Waals surface area contributed by atoms with E-state index in [9.17, 15) is 9.18 Å². The summed E-state index contributed by atoms with van der Waals surface area (Å²) in [6, 6.07) is 12.0. The third kappa shape index (κ3) is 6.43. The molecule has 2 N–H and O–H groups in total. The zero-order valence-electron chi connectivity index (χ0n) is 18.1. The van der Waals surface area contributed by atoms with Crippen molar-refractivity contribution in [3.05, 3.63) is 70.5 Å². The van der Waals surface area contributed by atoms with Crippen LogP contribution in [0.4, 0.5) is 14.9 Å². The minimum Gasteiger partial charge on any atom is -0.336 e. The molecule has 0 saturated heterocycles. The molecule has 1 unspecified atom stereocenters. The predicted molar refractivity (Wildman–Crippen MR) is 124 cm³/mol. The van der Waals surface area contributed by atoms with Gasteiger partial charge in [-0.3, -0.25) is 0 Å². The van der Waals surface area contributed by atoms with E-state index in [1.54, 1.807) is 0 Å². The first-order chi connectivity index (χ1) is 13.9. The van der Waals surface area contributed by atoms with Crippen LogP contribution in [-0.4, -0.2) is 31.6 Å². The lowest BCUT2D eigenvalue weighted by Gasteiger charge is -2.26. The SMILES string of the molecule is CC.CC1=Cc2ccc(C(CNC(=O)Nc3ccc(F)cc3)N(C)C)cc2CC1.[HH].[HH]. The highest BCUT2D eigenvalue weighted by molar-refractivity contribution is 5.89. The van der Waals surface area contributed by atoms with Crippen LogP contribution in [0.5, 0.6) is 0 Å². The van der Waals surface area contributed by atoms with Crippen LogP contribution in [0.1, 0.15) is 52.8 Å². The summed E-state index contributed by atoms with van der Waals surface area (Å²) in [5.74, 6) is -0.328. The molecule has 0 fully saturated rings. The van der Waals surface area contributed by atoms with E-state index in [0.29, 0.717) is 12.2 Å². The number of nitrogens with one attached hydrogen (secondary N) is 2. The average molecular weight is 402 g/mol. The second kappa shape index (κ2) is 10.8. The van der Waals surface area contributed by atoms with Gasteiger partial charge in [-0.15, -0.1) is 0 Å². The summed E-state index contributed by atoms with van der Waals surface area (Å²) in [5.41, 5.74) is 5.82. The fraction of sp³-hybridized carbons (Fsp3) is 0.375. The van der Waals surface area contributed by atoms with Gasteiger partial charge in [0.1, 0.15) is 5.82 Å². The second-order valence-corrected chi connectivity index (χ2v) is 7.27. The fourth-order valence-corrected chi connectivity index (χ4v) is 3.36. The molecule has 1 aliphatic rings. The van der Waals surface area contributed by atoms with Crippen LogP contribution in [0.2, 0.25) is 0 Å². The molecule has 160 valence electrons. The largest absolute Gasteiger partial charge is 0.336 e. The predicted octanol–water partition coefficient (Wildman–Crippen LogP) is 6.12. The van der Waals surface area contributed by atoms with Crippen LogP contribution < -0.4 is 10.6 Å². The number of carbonyl (C=O) groups excluding carboxylic acids is 1. The van der Waals surface area contributed by atoms with E-state index in [0.717, 1.165) is 12.8 Å². The van der Waals surface area contributed by atoms with E-state index in [4.69, 9.17) is 0 Å². The summed E-state index contributed by atoms with van der Waals surface area (Å²) in [6.07, 6.45) is 4.41. The molecule has 0 spiro atoms. The molecule has 3 rings (SSSR count). The third-order valence-electron chi connectivity index (χ3n) is 4.92. The van der Waals surface area contributed by atoms with Crippen LogP contribution in [-0.2, 0) is 6.42 Å². The van der Waals surface area contributed by atoms with Gasteiger partial charge in [-0.05, 0) is 74.8 Å². The van der Waals surface area contributed by atoms with E-state index >= 15 is 0 Å². The van der Waals surface area contributed by atoms with E-state index in [-0.39, 0.29) is 20.7 Å². The molecule has 5 heteroatoms. The molecule has 2 aromatic rings. The normalized spacial score (nSPS) is 13.6. The van der Waals surface area contributed by atoms with Crippen LogP contribution in [0.3, 0.4) is 0 Å². The number of likely N-dealkylation sites (N-methyl/N-ethyl adjacent to an activating group) is 1. The Kier molecular flexibility index (Phi) is 8.40. The Bertz CT molecular complexity index is 854. The van der Waals surface area contributed by atoms with Crippen LogP contribution in [0.25, 0.3) is 6.08 Å². The van der Waals surface area contributed by atoms with Crippen molar-refractivity contribution in [2.75, 3.05) is 26.0 Å². The van der Waals surface area contributed by atoms with Crippen molar-refractivity contribution in [1.82, 2.24) is 10.2 Å². The summed E-state index contributed by atoms with van der Waals surface area (Å²) in [7, 11) is 4.02. The van der Waals surface area contributed by atoms with Gasteiger partial charge in [-0.2, -0.15) is 0 Å². The van der Waals surface area contributed by atoms with Crippen molar-refractivity contribution < 1.29 is 12.0 Å². The summed E-state index contributed by atoms with van der Waals surface area (Å²) < 4.78 is 13.0. The molecule has 0 heterocycles. The Hall–Kier alpha value is -2.66. The van der Waals surface area contributed by atoms with Gasteiger partial charge >= 0.3 is 6.03 Å². The lowest BCUT2D eigenvalue weighted by Crippen LogP contribution is -2.37. The maximum Gasteiger partial charge on any atom is 0.319 e. The highest BCUT2D eigenvalue weighted by Crippen LogP contribution is 2.27. The topological polar surface area (TPSA) is 44.4 Å². The number of hydrogen-bond acceptors (Lipinski definition) is 2. The summed E-state index contributed by atoms with van der Waals surface area (Å²) >= 11 is 0. The molecule has 0 saturated carbocycles. The molecule has 0 radical (unpaired) electrons. The van der Waals surface area contributed by atoms with Gasteiger partial charge in [0.15, 0.2) is 0 Å². The van der Waals surface area contributed by atoms with E-state index in [1.165, 1.54) is 46.5 Å². The highest BCUT2D eigenvalue weighted by atomic mass is 19.1. The van der Waals surface area contributed by atoms with Gasteiger partial charge in [0.05, 0.1) is 6.04 Å². The van der Waals surface area contributed by atoms with Gasteiger partial charge in [0, 0.05) is 15.1 Å². The molecule has 1 aliphatic carbocycles. The van der Waals surface area contributed by atoms with Gasteiger partial charge in [0.2, 0.25) is 0 Å². The number of benzene rings is 2. The van der Waals surface area contributed by atoms with E-state index in [1.807, 2.05) is 27.9 Å². The minimum atomic E-state index is -0.328. The Morgan fingerprint density at radius 3 is 2.48 bits per heavy atom. The standard InChI is InChI=1S/C22H26FN3O.C2H6.2H2/c1-15-4-5-17-13-18(7-6-16(17)12-15)21(26(2)3)14-24-22(27)25-20-10-8-19(23)9-11-20;1-2;;/h6-13,21H,4-5,14H2,1-3H3,(H2,24,25,27);1-2H3;2*1H. The van der Waals surface area contributed by atoms with Crippen molar-refractivity contribution in [3.8, 4) is 0 Å². The maximum atomic E-state index is 13.0. The Morgan fingerprint density at radius 1 is 1.14 bits per heavy atom. The van der Waals surface area contributed by atoms with Crippen molar-refractivity contribution in [3.63, 3.8) is 0 Å². The first kappa shape index (κ1) is 22.6. The van der Waals surface area contributed by atoms with Gasteiger partial charge in [0.25, 0.3) is 0 Å². The van der Waals surface area contributed by atoms with Crippen molar-refractivity contribution >= 4 is 17.8 Å². The number of fused-ring (bicyclic) bond motifs is 1. The number of nitrogens with zero attached hydrogens (tertiary/aromatic N) is 1. The summed E-state index contributed by atoms with van der Waals surface area (Å²) in [6.45, 7) is 6.65. The van der Waals surface area contributed by atoms with E-state index in [2.05, 4.69) is 46.7 Å². The monoisotopic (exact) mass is 401 g/mol. The second-order valence-electron chi connectivity index (χ2n) is 7.27. The van der Waals surface area contributed by atoms with Crippen molar-refractivity contribution in [1.29, 1.82) is 0 Å². The lowest BCUT2D eigenvalue weighted by atomic mass is 9.90. The molecule has 0 bridgehead atoms. The maximum absolute atomic E-state index is 13.0. The first-order valence-electron chi connectivity index (χ1n) is 10.2. The fourth-order valence-electron chi connectivity index (χ4n) is 3.36. The smallest absolute Gasteiger partial charge is 0.319 e. The first-order valence-corrected chi connectivity index (χ1v) is 10.2. The number of halogens is 1. The number of aryl methyl sites for hydroxylation is 1. The number of amides is 2. The number of anilines is 1. The van der Waals surface area contributed by atoms with Gasteiger partial charge < -0.3 is 15.5 Å². The van der Waals surface area contributed by atoms with Crippen molar-refractivity contribution in [2.24, 2.45) is 0 Å². The number of hydrogen-bond donors (Lipinski definition) is 2. The van der Waals surface area contributed by atoms with Crippen LogP contribution >= 0.6 is 0 Å². The zero-order chi connectivity index (χ0) is 21.4. The van der Waals surface area contributed by atoms with Crippen LogP contribution in [0.15, 0.2) is 48.0 Å². The Balaban J connectivity index is 0.00000219. The Labute approximate surface area is 176 Å². The van der Waals surface area contributed by atoms with Gasteiger partial charge in [-0.1, -0.05) is 43.7 Å². The molecule has 4 nitrogen and oxygen atoms in total. The number of carbonyl (C=O) groups is 1. The van der Waals surface area contributed by atoms with E-state index < -0.39 is 0 Å². The quantitative estimate of drug-likeness (QED) is 0.634. The molecule has 2 aromatic carbocycles. The molecule has 1 atom stereocenters. The number of urea groups is 1. The third-order valence-corrected chi connectivity index (χ3v) is 4.92. The minimum absolute atomic E-state index is 0. The average Bonchev–Trinajstić information content (AvgIpc) is 2.71. The molecular weight excluding hydrogens is 365 g/mol. The van der Waals surface area contributed by atoms with Crippen LogP contribution in [0, 0.1) is 5.82 Å². The van der Waals surface area contributed by atoms with Crippen molar-refractivity contribution in [2.45, 2.75) is 39.7 Å². The Morgan fingerprint density at radius 2 is 1.83 bits per heavy atom. The van der Waals surface area contributed by atoms with Gasteiger partial charge in [-0.25, -0.2) is 9.18 Å². The summed E-state index contributed by atoms with van der Waals surface area (Å²) in [4.78, 5) is 14.3. The lowest BCUT2D eigenvalue weighted by molar-refractivity contribution is 0.243.